The van der Waals surface area contributed by atoms with Crippen LogP contribution in [-0.4, -0.2) is 0 Å². The van der Waals surface area contributed by atoms with Gasteiger partial charge in [0.15, 0.2) is 0 Å². The smallest absolute Gasteiger partial charge is 0.117 e. The lowest BCUT2D eigenvalue weighted by molar-refractivity contribution is 1.32. The van der Waals surface area contributed by atoms with Crippen LogP contribution in [0.2, 0.25) is 0 Å². The van der Waals surface area contributed by atoms with Gasteiger partial charge in [-0.2, -0.15) is 5.26 Å². The third-order valence-electron chi connectivity index (χ3n) is 2.42. The van der Waals surface area contributed by atoms with Crippen molar-refractivity contribution in [3.05, 3.63) is 21.7 Å². The number of nitriles is 1. The Labute approximate surface area is 68.7 Å². The van der Waals surface area contributed by atoms with Gasteiger partial charge in [-0.05, 0) is 56.9 Å². The molecule has 1 aromatic heterocycles. The second kappa shape index (κ2) is 2.72. The van der Waals surface area contributed by atoms with Gasteiger partial charge in [-0.1, -0.05) is 0 Å². The molecule has 0 unspecified atom stereocenters. The van der Waals surface area contributed by atoms with Crippen molar-refractivity contribution in [1.82, 2.24) is 0 Å². The van der Waals surface area contributed by atoms with Crippen molar-refractivity contribution in [2.45, 2.75) is 27.7 Å². The predicted molar refractivity (Wildman–Crippen MR) is 49.1 cm³/mol. The zero-order valence-electron chi connectivity index (χ0n) is 7.39. The summed E-state index contributed by atoms with van der Waals surface area (Å²) in [5.74, 6) is 2.37. The molecule has 0 amide bonds. The van der Waals surface area contributed by atoms with Crippen LogP contribution in [0.25, 0.3) is 0 Å². The molecule has 0 fully saturated rings. The van der Waals surface area contributed by atoms with Crippen LogP contribution in [0, 0.1) is 38.8 Å². The van der Waals surface area contributed by atoms with E-state index in [1.807, 2.05) is 0 Å². The zero-order valence-corrected chi connectivity index (χ0v) is 8.29. The largest absolute Gasteiger partial charge is 0.188 e. The van der Waals surface area contributed by atoms with Crippen molar-refractivity contribution in [3.63, 3.8) is 0 Å². The Morgan fingerprint density at radius 3 is 1.55 bits per heavy atom. The van der Waals surface area contributed by atoms with E-state index in [1.165, 1.54) is 21.7 Å². The molecular formula is C9H12NP. The van der Waals surface area contributed by atoms with Gasteiger partial charge in [-0.25, -0.2) is 0 Å². The Morgan fingerprint density at radius 1 is 1.00 bits per heavy atom. The highest BCUT2D eigenvalue weighted by Crippen LogP contribution is 2.42. The highest BCUT2D eigenvalue weighted by atomic mass is 31.1. The summed E-state index contributed by atoms with van der Waals surface area (Å²) in [7, 11) is -0.579. The van der Waals surface area contributed by atoms with Crippen molar-refractivity contribution >= 4 is 7.53 Å². The number of hydrogen-bond donors (Lipinski definition) is 0. The molecule has 0 atom stereocenters. The second-order valence-electron chi connectivity index (χ2n) is 2.86. The van der Waals surface area contributed by atoms with Gasteiger partial charge in [0.1, 0.15) is 5.81 Å². The van der Waals surface area contributed by atoms with Crippen LogP contribution in [0.5, 0.6) is 0 Å². The molecule has 0 aliphatic rings. The lowest BCUT2D eigenvalue weighted by Gasteiger charge is -1.89. The van der Waals surface area contributed by atoms with Crippen LogP contribution >= 0.6 is 7.53 Å². The van der Waals surface area contributed by atoms with Crippen molar-refractivity contribution in [1.29, 1.82) is 5.26 Å². The van der Waals surface area contributed by atoms with Gasteiger partial charge in [-0.15, -0.1) is 0 Å². The fourth-order valence-electron chi connectivity index (χ4n) is 1.28. The minimum atomic E-state index is -0.579. The highest BCUT2D eigenvalue weighted by Gasteiger charge is 2.10. The van der Waals surface area contributed by atoms with Gasteiger partial charge < -0.3 is 0 Å². The van der Waals surface area contributed by atoms with Crippen LogP contribution in [0.15, 0.2) is 0 Å². The average Bonchev–Trinajstić information content (AvgIpc) is 2.17. The van der Waals surface area contributed by atoms with Crippen LogP contribution in [0.1, 0.15) is 21.7 Å². The Morgan fingerprint density at radius 2 is 1.36 bits per heavy atom. The first-order chi connectivity index (χ1) is 5.09. The van der Waals surface area contributed by atoms with E-state index in [0.29, 0.717) is 0 Å². The van der Waals surface area contributed by atoms with Crippen molar-refractivity contribution in [2.24, 2.45) is 0 Å². The Balaban J connectivity index is 3.51. The highest BCUT2D eigenvalue weighted by molar-refractivity contribution is 7.56. The fourth-order valence-corrected chi connectivity index (χ4v) is 3.09. The molecule has 0 aliphatic carbocycles. The van der Waals surface area contributed by atoms with E-state index in [9.17, 15) is 0 Å². The molecule has 2 heteroatoms. The summed E-state index contributed by atoms with van der Waals surface area (Å²) in [4.78, 5) is 0. The Kier molecular flexibility index (Phi) is 2.07. The predicted octanol–water partition coefficient (Wildman–Crippen LogP) is 3.24. The first-order valence-electron chi connectivity index (χ1n) is 3.64. The normalized spacial score (nSPS) is 9.73. The van der Waals surface area contributed by atoms with E-state index in [-0.39, 0.29) is 0 Å². The molecule has 11 heavy (non-hydrogen) atoms. The number of hydrogen-bond acceptors (Lipinski definition) is 1. The topological polar surface area (TPSA) is 23.8 Å². The van der Waals surface area contributed by atoms with Gasteiger partial charge in [-0.3, -0.25) is 0 Å². The molecule has 1 aromatic rings. The lowest BCUT2D eigenvalue weighted by atomic mass is 10.2. The van der Waals surface area contributed by atoms with E-state index in [0.717, 1.165) is 0 Å². The van der Waals surface area contributed by atoms with Gasteiger partial charge in [0.25, 0.3) is 0 Å². The molecule has 1 heterocycles. The van der Waals surface area contributed by atoms with Crippen LogP contribution < -0.4 is 0 Å². The standard InChI is InChI=1S/C9H12NP/c1-6-7(2)9(4)11(5-10)8(6)3/h1-4H3. The minimum Gasteiger partial charge on any atom is -0.188 e. The van der Waals surface area contributed by atoms with E-state index < -0.39 is 7.53 Å². The number of rotatable bonds is 0. The van der Waals surface area contributed by atoms with E-state index in [2.05, 4.69) is 33.5 Å². The molecule has 0 bridgehead atoms. The van der Waals surface area contributed by atoms with Crippen molar-refractivity contribution < 1.29 is 0 Å². The van der Waals surface area contributed by atoms with Crippen LogP contribution in [-0.2, 0) is 0 Å². The van der Waals surface area contributed by atoms with Gasteiger partial charge in [0, 0.05) is 0 Å². The molecule has 0 aliphatic heterocycles. The van der Waals surface area contributed by atoms with Gasteiger partial charge in [0.05, 0.1) is 0 Å². The summed E-state index contributed by atoms with van der Waals surface area (Å²) in [5.41, 5.74) is 2.66. The van der Waals surface area contributed by atoms with Crippen molar-refractivity contribution in [2.75, 3.05) is 0 Å². The Bertz CT molecular complexity index is 303. The molecule has 1 rings (SSSR count). The van der Waals surface area contributed by atoms with Gasteiger partial charge >= 0.3 is 0 Å². The third-order valence-corrected chi connectivity index (χ3v) is 4.63. The summed E-state index contributed by atoms with van der Waals surface area (Å²) in [6.45, 7) is 8.36. The molecule has 0 saturated heterocycles. The molecule has 0 radical (unpaired) electrons. The molecule has 1 nitrogen and oxygen atoms in total. The molecule has 0 spiro atoms. The quantitative estimate of drug-likeness (QED) is 0.579. The summed E-state index contributed by atoms with van der Waals surface area (Å²) < 4.78 is 0. The van der Waals surface area contributed by atoms with E-state index in [4.69, 9.17) is 5.26 Å². The summed E-state index contributed by atoms with van der Waals surface area (Å²) in [6.07, 6.45) is 0. The molecule has 0 N–H and O–H groups in total. The SMILES string of the molecule is Cc1c(C)c(C)p(C#N)c1C. The maximum absolute atomic E-state index is 8.85. The summed E-state index contributed by atoms with van der Waals surface area (Å²) in [6, 6.07) is 0. The first-order valence-corrected chi connectivity index (χ1v) is 4.99. The zero-order chi connectivity index (χ0) is 8.59. The Hall–Kier alpha value is -0.730. The van der Waals surface area contributed by atoms with E-state index in [1.54, 1.807) is 0 Å². The monoisotopic (exact) mass is 165 g/mol. The fraction of sp³-hybridized carbons (Fsp3) is 0.444. The summed E-state index contributed by atoms with van der Waals surface area (Å²) >= 11 is 0. The maximum atomic E-state index is 8.85. The lowest BCUT2D eigenvalue weighted by Crippen LogP contribution is -1.73. The van der Waals surface area contributed by atoms with Crippen molar-refractivity contribution in [3.8, 4) is 5.81 Å². The first kappa shape index (κ1) is 8.37. The van der Waals surface area contributed by atoms with E-state index >= 15 is 0 Å². The number of nitrogens with zero attached hydrogens (tertiary/aromatic N) is 1. The average molecular weight is 165 g/mol. The maximum Gasteiger partial charge on any atom is 0.117 e. The molecule has 0 saturated carbocycles. The molecule has 58 valence electrons. The second-order valence-corrected chi connectivity index (χ2v) is 5.07. The van der Waals surface area contributed by atoms with Crippen LogP contribution in [0.4, 0.5) is 0 Å². The third kappa shape index (κ3) is 1.08. The van der Waals surface area contributed by atoms with Crippen LogP contribution in [0.3, 0.4) is 0 Å². The molecule has 0 aromatic carbocycles. The molecular weight excluding hydrogens is 153 g/mol. The van der Waals surface area contributed by atoms with Gasteiger partial charge in [0.2, 0.25) is 0 Å². The summed E-state index contributed by atoms with van der Waals surface area (Å²) in [5, 5.41) is 11.4. The minimum absolute atomic E-state index is 0.579.